The number of halogens is 1. The molecule has 0 bridgehead atoms. The molecule has 1 fully saturated rings. The van der Waals surface area contributed by atoms with E-state index in [-0.39, 0.29) is 30.0 Å². The van der Waals surface area contributed by atoms with Crippen LogP contribution in [0.15, 0.2) is 36.7 Å². The van der Waals surface area contributed by atoms with Gasteiger partial charge in [0.25, 0.3) is 5.91 Å². The molecule has 114 valence electrons. The van der Waals surface area contributed by atoms with Crippen molar-refractivity contribution in [1.82, 2.24) is 14.9 Å². The molecule has 0 spiro atoms. The number of β-amino-alcohol motifs (C(OH)–C–C–N with tert-alkyl or cyclic N) is 1. The van der Waals surface area contributed by atoms with Gasteiger partial charge in [0.2, 0.25) is 0 Å². The average molecular weight is 301 g/mol. The van der Waals surface area contributed by atoms with E-state index in [1.807, 2.05) is 0 Å². The van der Waals surface area contributed by atoms with Gasteiger partial charge in [0, 0.05) is 12.7 Å². The summed E-state index contributed by atoms with van der Waals surface area (Å²) in [6, 6.07) is 5.70. The standard InChI is InChI=1S/C16H16FN3O2/c1-10-7-19-14(8-18-10)16(22)20-9-13(21)6-15(20)11-2-4-12(17)5-3-11/h2-5,7-8,13,15,21H,6,9H2,1H3/t13-,15+/m0/s1. The number of likely N-dealkylation sites (tertiary alicyclic amines) is 1. The van der Waals surface area contributed by atoms with Crippen molar-refractivity contribution in [3.05, 3.63) is 59.4 Å². The molecule has 2 heterocycles. The Bertz CT molecular complexity index is 673. The minimum Gasteiger partial charge on any atom is -0.391 e. The van der Waals surface area contributed by atoms with Crippen LogP contribution in [-0.4, -0.2) is 38.5 Å². The highest BCUT2D eigenvalue weighted by Crippen LogP contribution is 2.33. The number of aliphatic hydroxyl groups is 1. The van der Waals surface area contributed by atoms with E-state index in [9.17, 15) is 14.3 Å². The molecule has 1 saturated heterocycles. The molecular formula is C16H16FN3O2. The summed E-state index contributed by atoms with van der Waals surface area (Å²) in [5.74, 6) is -0.608. The average Bonchev–Trinajstić information content (AvgIpc) is 2.90. The molecule has 1 aliphatic rings. The number of amides is 1. The normalized spacial score (nSPS) is 21.1. The Balaban J connectivity index is 1.88. The molecule has 6 heteroatoms. The van der Waals surface area contributed by atoms with E-state index in [1.54, 1.807) is 24.0 Å². The lowest BCUT2D eigenvalue weighted by Crippen LogP contribution is -2.32. The molecule has 0 unspecified atom stereocenters. The molecule has 0 saturated carbocycles. The molecule has 1 aromatic heterocycles. The Hall–Kier alpha value is -2.34. The predicted molar refractivity (Wildman–Crippen MR) is 77.6 cm³/mol. The van der Waals surface area contributed by atoms with Crippen molar-refractivity contribution in [2.75, 3.05) is 6.54 Å². The van der Waals surface area contributed by atoms with Gasteiger partial charge < -0.3 is 10.0 Å². The number of benzene rings is 1. The van der Waals surface area contributed by atoms with Gasteiger partial charge in [-0.1, -0.05) is 12.1 Å². The van der Waals surface area contributed by atoms with E-state index in [0.717, 1.165) is 11.3 Å². The number of hydrogen-bond donors (Lipinski definition) is 1. The number of nitrogens with zero attached hydrogens (tertiary/aromatic N) is 3. The van der Waals surface area contributed by atoms with Crippen LogP contribution in [0.5, 0.6) is 0 Å². The molecule has 1 aliphatic heterocycles. The second-order valence-electron chi connectivity index (χ2n) is 5.46. The first-order valence-electron chi connectivity index (χ1n) is 7.08. The summed E-state index contributed by atoms with van der Waals surface area (Å²) >= 11 is 0. The van der Waals surface area contributed by atoms with Crippen molar-refractivity contribution in [3.8, 4) is 0 Å². The quantitative estimate of drug-likeness (QED) is 0.919. The number of aryl methyl sites for hydroxylation is 1. The Labute approximate surface area is 127 Å². The fourth-order valence-corrected chi connectivity index (χ4v) is 2.69. The van der Waals surface area contributed by atoms with E-state index in [2.05, 4.69) is 9.97 Å². The third-order valence-corrected chi connectivity index (χ3v) is 3.79. The van der Waals surface area contributed by atoms with Crippen LogP contribution in [0.1, 0.15) is 34.2 Å². The van der Waals surface area contributed by atoms with E-state index in [0.29, 0.717) is 6.42 Å². The van der Waals surface area contributed by atoms with Gasteiger partial charge in [-0.05, 0) is 31.0 Å². The zero-order chi connectivity index (χ0) is 15.7. The molecule has 1 N–H and O–H groups in total. The Kier molecular flexibility index (Phi) is 3.85. The van der Waals surface area contributed by atoms with E-state index < -0.39 is 6.10 Å². The van der Waals surface area contributed by atoms with Crippen molar-refractivity contribution in [2.24, 2.45) is 0 Å². The van der Waals surface area contributed by atoms with E-state index >= 15 is 0 Å². The SMILES string of the molecule is Cc1cnc(C(=O)N2C[C@@H](O)C[C@@H]2c2ccc(F)cc2)cn1. The summed E-state index contributed by atoms with van der Waals surface area (Å²) < 4.78 is 13.1. The number of carbonyl (C=O) groups is 1. The molecule has 2 atom stereocenters. The van der Waals surface area contributed by atoms with Crippen molar-refractivity contribution >= 4 is 5.91 Å². The van der Waals surface area contributed by atoms with Crippen LogP contribution in [-0.2, 0) is 0 Å². The van der Waals surface area contributed by atoms with Gasteiger partial charge in [0.05, 0.1) is 24.0 Å². The second kappa shape index (κ2) is 5.81. The molecule has 1 amide bonds. The van der Waals surface area contributed by atoms with Crippen LogP contribution in [0.25, 0.3) is 0 Å². The summed E-state index contributed by atoms with van der Waals surface area (Å²) in [6.07, 6.45) is 2.80. The number of hydrogen-bond acceptors (Lipinski definition) is 4. The van der Waals surface area contributed by atoms with Crippen LogP contribution in [0.2, 0.25) is 0 Å². The van der Waals surface area contributed by atoms with Gasteiger partial charge in [0.1, 0.15) is 11.5 Å². The van der Waals surface area contributed by atoms with Crippen molar-refractivity contribution < 1.29 is 14.3 Å². The van der Waals surface area contributed by atoms with Gasteiger partial charge in [0.15, 0.2) is 0 Å². The largest absolute Gasteiger partial charge is 0.391 e. The van der Waals surface area contributed by atoms with Crippen molar-refractivity contribution in [2.45, 2.75) is 25.5 Å². The lowest BCUT2D eigenvalue weighted by atomic mass is 10.0. The first kappa shape index (κ1) is 14.6. The maximum Gasteiger partial charge on any atom is 0.274 e. The molecule has 3 rings (SSSR count). The molecule has 2 aromatic rings. The third kappa shape index (κ3) is 2.82. The van der Waals surface area contributed by atoms with Gasteiger partial charge in [-0.25, -0.2) is 9.37 Å². The topological polar surface area (TPSA) is 66.3 Å². The summed E-state index contributed by atoms with van der Waals surface area (Å²) in [5.41, 5.74) is 1.77. The van der Waals surface area contributed by atoms with Crippen LogP contribution in [0.4, 0.5) is 4.39 Å². The fourth-order valence-electron chi connectivity index (χ4n) is 2.69. The van der Waals surface area contributed by atoms with Crippen LogP contribution >= 0.6 is 0 Å². The molecule has 1 aromatic carbocycles. The highest BCUT2D eigenvalue weighted by Gasteiger charge is 2.36. The van der Waals surface area contributed by atoms with E-state index in [1.165, 1.54) is 24.5 Å². The van der Waals surface area contributed by atoms with Crippen molar-refractivity contribution in [1.29, 1.82) is 0 Å². The number of aromatic nitrogens is 2. The second-order valence-corrected chi connectivity index (χ2v) is 5.46. The summed E-state index contributed by atoms with van der Waals surface area (Å²) in [6.45, 7) is 2.03. The van der Waals surface area contributed by atoms with Gasteiger partial charge in [-0.15, -0.1) is 0 Å². The van der Waals surface area contributed by atoms with Crippen LogP contribution in [0.3, 0.4) is 0 Å². The predicted octanol–water partition coefficient (Wildman–Crippen LogP) is 1.87. The molecule has 0 radical (unpaired) electrons. The zero-order valence-electron chi connectivity index (χ0n) is 12.1. The molecule has 5 nitrogen and oxygen atoms in total. The van der Waals surface area contributed by atoms with Gasteiger partial charge in [-0.2, -0.15) is 0 Å². The summed E-state index contributed by atoms with van der Waals surface area (Å²) in [7, 11) is 0. The highest BCUT2D eigenvalue weighted by atomic mass is 19.1. The molecule has 22 heavy (non-hydrogen) atoms. The first-order chi connectivity index (χ1) is 10.5. The number of rotatable bonds is 2. The number of aliphatic hydroxyl groups excluding tert-OH is 1. The highest BCUT2D eigenvalue weighted by molar-refractivity contribution is 5.92. The fraction of sp³-hybridized carbons (Fsp3) is 0.312. The van der Waals surface area contributed by atoms with Gasteiger partial charge >= 0.3 is 0 Å². The van der Waals surface area contributed by atoms with Crippen molar-refractivity contribution in [3.63, 3.8) is 0 Å². The van der Waals surface area contributed by atoms with E-state index in [4.69, 9.17) is 0 Å². The summed E-state index contributed by atoms with van der Waals surface area (Å²) in [4.78, 5) is 22.3. The minimum atomic E-state index is -0.600. The Morgan fingerprint density at radius 1 is 1.27 bits per heavy atom. The lowest BCUT2D eigenvalue weighted by Gasteiger charge is -2.24. The Morgan fingerprint density at radius 3 is 2.64 bits per heavy atom. The lowest BCUT2D eigenvalue weighted by molar-refractivity contribution is 0.0709. The maximum atomic E-state index is 13.1. The summed E-state index contributed by atoms with van der Waals surface area (Å²) in [5, 5.41) is 9.92. The van der Waals surface area contributed by atoms with Gasteiger partial charge in [-0.3, -0.25) is 9.78 Å². The van der Waals surface area contributed by atoms with Crippen LogP contribution < -0.4 is 0 Å². The monoisotopic (exact) mass is 301 g/mol. The maximum absolute atomic E-state index is 13.1. The first-order valence-corrected chi connectivity index (χ1v) is 7.08. The smallest absolute Gasteiger partial charge is 0.274 e. The minimum absolute atomic E-state index is 0.233. The third-order valence-electron chi connectivity index (χ3n) is 3.79. The molecular weight excluding hydrogens is 285 g/mol. The zero-order valence-corrected chi connectivity index (χ0v) is 12.1. The molecule has 0 aliphatic carbocycles. The Morgan fingerprint density at radius 2 is 2.00 bits per heavy atom. The number of carbonyl (C=O) groups excluding carboxylic acids is 1. The van der Waals surface area contributed by atoms with Crippen LogP contribution in [0, 0.1) is 12.7 Å².